The highest BCUT2D eigenvalue weighted by Crippen LogP contribution is 2.22. The molecule has 0 saturated carbocycles. The van der Waals surface area contributed by atoms with Crippen LogP contribution in [0.1, 0.15) is 6.42 Å². The van der Waals surface area contributed by atoms with Crippen molar-refractivity contribution in [2.45, 2.75) is 12.5 Å². The van der Waals surface area contributed by atoms with Gasteiger partial charge >= 0.3 is 0 Å². The van der Waals surface area contributed by atoms with Crippen molar-refractivity contribution in [2.75, 3.05) is 42.6 Å². The van der Waals surface area contributed by atoms with Gasteiger partial charge in [-0.1, -0.05) is 23.3 Å². The molecule has 2 aromatic rings. The lowest BCUT2D eigenvalue weighted by Gasteiger charge is -2.37. The van der Waals surface area contributed by atoms with Crippen molar-refractivity contribution in [3.8, 4) is 5.69 Å². The molecule has 4 rings (SSSR count). The quantitative estimate of drug-likeness (QED) is 0.770. The van der Waals surface area contributed by atoms with Gasteiger partial charge in [0.1, 0.15) is 0 Å². The van der Waals surface area contributed by atoms with E-state index in [0.717, 1.165) is 44.2 Å². The van der Waals surface area contributed by atoms with Gasteiger partial charge in [-0.2, -0.15) is 4.68 Å². The molecule has 2 aliphatic heterocycles. The molecule has 9 heteroatoms. The van der Waals surface area contributed by atoms with E-state index in [1.54, 1.807) is 4.68 Å². The number of anilines is 1. The monoisotopic (exact) mass is 348 g/mol. The fourth-order valence-electron chi connectivity index (χ4n) is 3.47. The molecule has 24 heavy (non-hydrogen) atoms. The zero-order chi connectivity index (χ0) is 16.6. The summed E-state index contributed by atoms with van der Waals surface area (Å²) in [5, 5.41) is 12.1. The predicted octanol–water partition coefficient (Wildman–Crippen LogP) is -0.0286. The molecule has 2 fully saturated rings. The van der Waals surface area contributed by atoms with Gasteiger partial charge < -0.3 is 4.90 Å². The Morgan fingerprint density at radius 3 is 2.46 bits per heavy atom. The van der Waals surface area contributed by atoms with Gasteiger partial charge in [0.05, 0.1) is 17.2 Å². The second-order valence-corrected chi connectivity index (χ2v) is 8.53. The molecule has 0 aliphatic carbocycles. The van der Waals surface area contributed by atoms with E-state index in [1.165, 1.54) is 0 Å². The molecule has 0 bridgehead atoms. The molecular formula is C15H20N6O2S. The van der Waals surface area contributed by atoms with Crippen LogP contribution >= 0.6 is 0 Å². The molecule has 2 aliphatic rings. The molecule has 0 amide bonds. The zero-order valence-electron chi connectivity index (χ0n) is 13.3. The summed E-state index contributed by atoms with van der Waals surface area (Å²) in [6, 6.07) is 9.99. The van der Waals surface area contributed by atoms with Crippen LogP contribution in [0.25, 0.3) is 5.69 Å². The summed E-state index contributed by atoms with van der Waals surface area (Å²) in [5.41, 5.74) is 0.932. The number of sulfone groups is 1. The fourth-order valence-corrected chi connectivity index (χ4v) is 5.23. The van der Waals surface area contributed by atoms with Crippen LogP contribution in [0.3, 0.4) is 0 Å². The first kappa shape index (κ1) is 15.5. The van der Waals surface area contributed by atoms with E-state index < -0.39 is 9.84 Å². The van der Waals surface area contributed by atoms with Crippen molar-refractivity contribution in [1.82, 2.24) is 25.1 Å². The lowest BCUT2D eigenvalue weighted by atomic mass is 10.2. The molecule has 8 nitrogen and oxygen atoms in total. The van der Waals surface area contributed by atoms with Crippen molar-refractivity contribution in [3.05, 3.63) is 30.3 Å². The van der Waals surface area contributed by atoms with Gasteiger partial charge in [-0.3, -0.25) is 4.90 Å². The minimum Gasteiger partial charge on any atom is -0.337 e. The van der Waals surface area contributed by atoms with E-state index in [2.05, 4.69) is 25.3 Å². The van der Waals surface area contributed by atoms with Crippen molar-refractivity contribution < 1.29 is 8.42 Å². The summed E-state index contributed by atoms with van der Waals surface area (Å²) >= 11 is 0. The largest absolute Gasteiger partial charge is 0.337 e. The Kier molecular flexibility index (Phi) is 3.97. The summed E-state index contributed by atoms with van der Waals surface area (Å²) in [6.07, 6.45) is 0.754. The molecule has 0 radical (unpaired) electrons. The third-order valence-corrected chi connectivity index (χ3v) is 6.53. The highest BCUT2D eigenvalue weighted by molar-refractivity contribution is 7.91. The van der Waals surface area contributed by atoms with Crippen LogP contribution in [0.2, 0.25) is 0 Å². The van der Waals surface area contributed by atoms with E-state index in [-0.39, 0.29) is 6.04 Å². The molecule has 0 N–H and O–H groups in total. The molecule has 1 aromatic heterocycles. The van der Waals surface area contributed by atoms with E-state index in [0.29, 0.717) is 11.5 Å². The maximum atomic E-state index is 11.7. The first-order valence-corrected chi connectivity index (χ1v) is 9.98. The number of para-hydroxylation sites is 1. The van der Waals surface area contributed by atoms with Crippen molar-refractivity contribution in [1.29, 1.82) is 0 Å². The van der Waals surface area contributed by atoms with Gasteiger partial charge in [0, 0.05) is 32.2 Å². The van der Waals surface area contributed by atoms with Gasteiger partial charge in [-0.05, 0) is 29.0 Å². The predicted molar refractivity (Wildman–Crippen MR) is 90.0 cm³/mol. The van der Waals surface area contributed by atoms with E-state index in [4.69, 9.17) is 0 Å². The smallest absolute Gasteiger partial charge is 0.250 e. The highest BCUT2D eigenvalue weighted by atomic mass is 32.2. The molecule has 0 unspecified atom stereocenters. The maximum Gasteiger partial charge on any atom is 0.250 e. The van der Waals surface area contributed by atoms with Gasteiger partial charge in [-0.15, -0.1) is 0 Å². The van der Waals surface area contributed by atoms with E-state index >= 15 is 0 Å². The highest BCUT2D eigenvalue weighted by Gasteiger charge is 2.34. The van der Waals surface area contributed by atoms with Crippen molar-refractivity contribution in [3.63, 3.8) is 0 Å². The average molecular weight is 348 g/mol. The molecular weight excluding hydrogens is 328 g/mol. The minimum absolute atomic E-state index is 0.169. The summed E-state index contributed by atoms with van der Waals surface area (Å²) in [7, 11) is -2.84. The Morgan fingerprint density at radius 1 is 1.04 bits per heavy atom. The van der Waals surface area contributed by atoms with E-state index in [1.807, 2.05) is 30.3 Å². The SMILES string of the molecule is O=S1(=O)CC[C@@H](N2CCN(c3nnnn3-c3ccccc3)CC2)C1. The van der Waals surface area contributed by atoms with Crippen LogP contribution in [-0.4, -0.2) is 77.3 Å². The van der Waals surface area contributed by atoms with E-state index in [9.17, 15) is 8.42 Å². The fraction of sp³-hybridized carbons (Fsp3) is 0.533. The van der Waals surface area contributed by atoms with Crippen LogP contribution in [0, 0.1) is 0 Å². The van der Waals surface area contributed by atoms with Gasteiger partial charge in [-0.25, -0.2) is 8.42 Å². The van der Waals surface area contributed by atoms with Crippen LogP contribution < -0.4 is 4.90 Å². The Hall–Kier alpha value is -2.00. The first-order valence-electron chi connectivity index (χ1n) is 8.16. The Morgan fingerprint density at radius 2 is 1.79 bits per heavy atom. The van der Waals surface area contributed by atoms with Gasteiger partial charge in [0.25, 0.3) is 0 Å². The summed E-state index contributed by atoms with van der Waals surface area (Å²) in [6.45, 7) is 3.26. The maximum absolute atomic E-state index is 11.7. The molecule has 0 spiro atoms. The molecule has 1 aromatic carbocycles. The molecule has 1 atom stereocenters. The third kappa shape index (κ3) is 3.01. The van der Waals surface area contributed by atoms with Crippen LogP contribution in [0.4, 0.5) is 5.95 Å². The second kappa shape index (κ2) is 6.14. The molecule has 3 heterocycles. The third-order valence-electron chi connectivity index (χ3n) is 4.78. The summed E-state index contributed by atoms with van der Waals surface area (Å²) < 4.78 is 25.1. The van der Waals surface area contributed by atoms with Crippen LogP contribution in [0.5, 0.6) is 0 Å². The van der Waals surface area contributed by atoms with Gasteiger partial charge in [0.2, 0.25) is 5.95 Å². The summed E-state index contributed by atoms with van der Waals surface area (Å²) in [5.74, 6) is 1.36. The lowest BCUT2D eigenvalue weighted by Crippen LogP contribution is -2.51. The number of hydrogen-bond donors (Lipinski definition) is 0. The zero-order valence-corrected chi connectivity index (χ0v) is 14.1. The molecule has 128 valence electrons. The average Bonchev–Trinajstić information content (AvgIpc) is 3.22. The Labute approximate surface area is 141 Å². The lowest BCUT2D eigenvalue weighted by molar-refractivity contribution is 0.199. The van der Waals surface area contributed by atoms with Crippen LogP contribution in [-0.2, 0) is 9.84 Å². The van der Waals surface area contributed by atoms with Crippen molar-refractivity contribution >= 4 is 15.8 Å². The van der Waals surface area contributed by atoms with Gasteiger partial charge in [0.15, 0.2) is 9.84 Å². The Balaban J connectivity index is 1.45. The number of aromatic nitrogens is 4. The first-order chi connectivity index (χ1) is 11.6. The number of tetrazole rings is 1. The summed E-state index contributed by atoms with van der Waals surface area (Å²) in [4.78, 5) is 4.45. The number of hydrogen-bond acceptors (Lipinski definition) is 7. The topological polar surface area (TPSA) is 84.2 Å². The van der Waals surface area contributed by atoms with Crippen molar-refractivity contribution in [2.24, 2.45) is 0 Å². The normalized spacial score (nSPS) is 24.3. The Bertz CT molecular complexity index is 798. The standard InChI is InChI=1S/C15H20N6O2S/c22-24(23)11-6-14(12-24)19-7-9-20(10-8-19)15-16-17-18-21(15)13-4-2-1-3-5-13/h1-5,14H,6-12H2/t14-/m1/s1. The molecule has 2 saturated heterocycles. The second-order valence-electron chi connectivity index (χ2n) is 6.31. The number of nitrogens with zero attached hydrogens (tertiary/aromatic N) is 6. The number of piperazine rings is 1. The number of benzene rings is 1. The number of rotatable bonds is 3. The minimum atomic E-state index is -2.84. The van der Waals surface area contributed by atoms with Crippen LogP contribution in [0.15, 0.2) is 30.3 Å².